The van der Waals surface area contributed by atoms with E-state index in [4.69, 9.17) is 5.11 Å². The van der Waals surface area contributed by atoms with Crippen LogP contribution in [0.1, 0.15) is 0 Å². The Hall–Kier alpha value is -2.15. The number of rotatable bonds is 3. The number of likely N-dealkylation sites (tertiary alicyclic amines) is 1. The topological polar surface area (TPSA) is 95.7 Å². The third-order valence-electron chi connectivity index (χ3n) is 2.83. The first-order valence-electron chi connectivity index (χ1n) is 5.51. The molecule has 96 valence electrons. The number of hydrogen-bond donors (Lipinski definition) is 2. The number of nitrogens with one attached hydrogen (secondary N) is 1. The number of hydrogen-bond acceptors (Lipinski definition) is 4. The molecule has 2 amide bonds. The number of nitro groups is 1. The van der Waals surface area contributed by atoms with Crippen molar-refractivity contribution < 1.29 is 14.8 Å². The summed E-state index contributed by atoms with van der Waals surface area (Å²) in [5.41, 5.74) is 0.496. The van der Waals surface area contributed by atoms with Crippen molar-refractivity contribution in [1.82, 2.24) is 4.90 Å². The van der Waals surface area contributed by atoms with Crippen molar-refractivity contribution >= 4 is 17.4 Å². The van der Waals surface area contributed by atoms with E-state index >= 15 is 0 Å². The largest absolute Gasteiger partial charge is 0.396 e. The van der Waals surface area contributed by atoms with E-state index in [-0.39, 0.29) is 24.2 Å². The van der Waals surface area contributed by atoms with Crippen LogP contribution in [0.3, 0.4) is 0 Å². The lowest BCUT2D eigenvalue weighted by molar-refractivity contribution is -0.384. The van der Waals surface area contributed by atoms with Crippen molar-refractivity contribution in [2.45, 2.75) is 0 Å². The number of non-ortho nitro benzene ring substituents is 1. The van der Waals surface area contributed by atoms with Gasteiger partial charge < -0.3 is 15.3 Å². The predicted molar refractivity (Wildman–Crippen MR) is 64.3 cm³/mol. The molecule has 0 saturated carbocycles. The van der Waals surface area contributed by atoms with Crippen molar-refractivity contribution in [2.75, 3.05) is 25.0 Å². The normalized spacial score (nSPS) is 15.1. The van der Waals surface area contributed by atoms with Gasteiger partial charge in [0.05, 0.1) is 4.92 Å². The summed E-state index contributed by atoms with van der Waals surface area (Å²) in [6.45, 7) is 1.16. The zero-order valence-corrected chi connectivity index (χ0v) is 9.57. The molecule has 2 N–H and O–H groups in total. The molecular formula is C11H13N3O4. The van der Waals surface area contributed by atoms with Crippen LogP contribution in [-0.2, 0) is 0 Å². The van der Waals surface area contributed by atoms with E-state index in [1.807, 2.05) is 0 Å². The third kappa shape index (κ3) is 2.57. The standard InChI is InChI=1S/C11H13N3O4/c15-7-8-5-13(6-8)11(16)12-9-1-3-10(4-2-9)14(17)18/h1-4,8,15H,5-7H2,(H,12,16). The van der Waals surface area contributed by atoms with E-state index in [1.54, 1.807) is 4.90 Å². The second-order valence-corrected chi connectivity index (χ2v) is 4.19. The molecule has 7 heteroatoms. The number of aliphatic hydroxyl groups excluding tert-OH is 1. The van der Waals surface area contributed by atoms with Gasteiger partial charge >= 0.3 is 6.03 Å². The zero-order valence-electron chi connectivity index (χ0n) is 9.57. The summed E-state index contributed by atoms with van der Waals surface area (Å²) in [7, 11) is 0. The monoisotopic (exact) mass is 251 g/mol. The number of anilines is 1. The van der Waals surface area contributed by atoms with Gasteiger partial charge in [-0.2, -0.15) is 0 Å². The Morgan fingerprint density at radius 2 is 2.06 bits per heavy atom. The molecule has 0 radical (unpaired) electrons. The van der Waals surface area contributed by atoms with E-state index < -0.39 is 4.92 Å². The molecular weight excluding hydrogens is 238 g/mol. The lowest BCUT2D eigenvalue weighted by Crippen LogP contribution is -2.52. The predicted octanol–water partition coefficient (Wildman–Crippen LogP) is 1.05. The number of carbonyl (C=O) groups excluding carboxylic acids is 1. The molecule has 1 saturated heterocycles. The molecule has 2 rings (SSSR count). The maximum atomic E-state index is 11.7. The van der Waals surface area contributed by atoms with Crippen LogP contribution >= 0.6 is 0 Å². The number of benzene rings is 1. The van der Waals surface area contributed by atoms with Gasteiger partial charge in [-0.25, -0.2) is 4.79 Å². The van der Waals surface area contributed by atoms with Gasteiger partial charge in [-0.3, -0.25) is 10.1 Å². The highest BCUT2D eigenvalue weighted by Gasteiger charge is 2.29. The first kappa shape index (κ1) is 12.3. The Labute approximate surface area is 103 Å². The smallest absolute Gasteiger partial charge is 0.321 e. The summed E-state index contributed by atoms with van der Waals surface area (Å²) in [5, 5.41) is 21.9. The molecule has 1 fully saturated rings. The number of amides is 2. The van der Waals surface area contributed by atoms with Crippen LogP contribution in [0.5, 0.6) is 0 Å². The summed E-state index contributed by atoms with van der Waals surface area (Å²) < 4.78 is 0. The van der Waals surface area contributed by atoms with E-state index in [1.165, 1.54) is 24.3 Å². The minimum absolute atomic E-state index is 0.0164. The molecule has 0 aliphatic carbocycles. The molecule has 7 nitrogen and oxygen atoms in total. The molecule has 1 aliphatic heterocycles. The average molecular weight is 251 g/mol. The van der Waals surface area contributed by atoms with E-state index in [9.17, 15) is 14.9 Å². The fourth-order valence-corrected chi connectivity index (χ4v) is 1.72. The van der Waals surface area contributed by atoms with Crippen LogP contribution in [0.25, 0.3) is 0 Å². The van der Waals surface area contributed by atoms with Gasteiger partial charge in [0.1, 0.15) is 0 Å². The SMILES string of the molecule is O=C(Nc1ccc([N+](=O)[O-])cc1)N1CC(CO)C1. The molecule has 1 aromatic rings. The van der Waals surface area contributed by atoms with Crippen LogP contribution < -0.4 is 5.32 Å². The van der Waals surface area contributed by atoms with Crippen molar-refractivity contribution in [3.05, 3.63) is 34.4 Å². The van der Waals surface area contributed by atoms with Crippen molar-refractivity contribution in [3.63, 3.8) is 0 Å². The maximum absolute atomic E-state index is 11.7. The summed E-state index contributed by atoms with van der Waals surface area (Å²) >= 11 is 0. The van der Waals surface area contributed by atoms with Gasteiger partial charge in [-0.05, 0) is 12.1 Å². The summed E-state index contributed by atoms with van der Waals surface area (Å²) in [6, 6.07) is 5.39. The van der Waals surface area contributed by atoms with Gasteiger partial charge in [-0.1, -0.05) is 0 Å². The Kier molecular flexibility index (Phi) is 3.42. The van der Waals surface area contributed by atoms with Gasteiger partial charge in [0.25, 0.3) is 5.69 Å². The fourth-order valence-electron chi connectivity index (χ4n) is 1.72. The lowest BCUT2D eigenvalue weighted by Gasteiger charge is -2.38. The molecule has 0 bridgehead atoms. The van der Waals surface area contributed by atoms with Gasteiger partial charge in [-0.15, -0.1) is 0 Å². The molecule has 18 heavy (non-hydrogen) atoms. The quantitative estimate of drug-likeness (QED) is 0.620. The van der Waals surface area contributed by atoms with Gasteiger partial charge in [0.15, 0.2) is 0 Å². The highest BCUT2D eigenvalue weighted by atomic mass is 16.6. The number of nitro benzene ring substituents is 1. The summed E-state index contributed by atoms with van der Waals surface area (Å²) in [6.07, 6.45) is 0. The van der Waals surface area contributed by atoms with E-state index in [2.05, 4.69) is 5.32 Å². The van der Waals surface area contributed by atoms with E-state index in [0.29, 0.717) is 18.8 Å². The molecule has 0 atom stereocenters. The Morgan fingerprint density at radius 3 is 2.56 bits per heavy atom. The minimum atomic E-state index is -0.493. The minimum Gasteiger partial charge on any atom is -0.396 e. The highest BCUT2D eigenvalue weighted by molar-refractivity contribution is 5.89. The maximum Gasteiger partial charge on any atom is 0.321 e. The molecule has 1 aromatic carbocycles. The van der Waals surface area contributed by atoms with Gasteiger partial charge in [0.2, 0.25) is 0 Å². The number of carbonyl (C=O) groups is 1. The first-order valence-corrected chi connectivity index (χ1v) is 5.51. The molecule has 0 spiro atoms. The Bertz CT molecular complexity index is 454. The highest BCUT2D eigenvalue weighted by Crippen LogP contribution is 2.18. The molecule has 0 aromatic heterocycles. The van der Waals surface area contributed by atoms with Crippen LogP contribution in [0.2, 0.25) is 0 Å². The fraction of sp³-hybridized carbons (Fsp3) is 0.364. The van der Waals surface area contributed by atoms with Crippen molar-refractivity contribution in [2.24, 2.45) is 5.92 Å². The first-order chi connectivity index (χ1) is 8.60. The average Bonchev–Trinajstić information content (AvgIpc) is 2.28. The Morgan fingerprint density at radius 1 is 1.44 bits per heavy atom. The van der Waals surface area contributed by atoms with Crippen molar-refractivity contribution in [1.29, 1.82) is 0 Å². The van der Waals surface area contributed by atoms with Gasteiger partial charge in [0, 0.05) is 43.4 Å². The number of aliphatic hydroxyl groups is 1. The lowest BCUT2D eigenvalue weighted by atomic mass is 10.0. The summed E-state index contributed by atoms with van der Waals surface area (Å²) in [5.74, 6) is 0.160. The third-order valence-corrected chi connectivity index (χ3v) is 2.83. The number of urea groups is 1. The van der Waals surface area contributed by atoms with Crippen LogP contribution in [0.15, 0.2) is 24.3 Å². The second kappa shape index (κ2) is 5.01. The van der Waals surface area contributed by atoms with Crippen LogP contribution in [0, 0.1) is 16.0 Å². The number of nitrogens with zero attached hydrogens (tertiary/aromatic N) is 2. The molecule has 1 heterocycles. The summed E-state index contributed by atoms with van der Waals surface area (Å²) in [4.78, 5) is 23.2. The molecule has 0 unspecified atom stereocenters. The van der Waals surface area contributed by atoms with Crippen LogP contribution in [0.4, 0.5) is 16.2 Å². The van der Waals surface area contributed by atoms with E-state index in [0.717, 1.165) is 0 Å². The Balaban J connectivity index is 1.90. The second-order valence-electron chi connectivity index (χ2n) is 4.19. The van der Waals surface area contributed by atoms with Crippen LogP contribution in [-0.4, -0.2) is 40.7 Å². The molecule has 1 aliphatic rings. The zero-order chi connectivity index (χ0) is 13.1. The van der Waals surface area contributed by atoms with Crippen molar-refractivity contribution in [3.8, 4) is 0 Å².